The highest BCUT2D eigenvalue weighted by molar-refractivity contribution is 6.32. The quantitative estimate of drug-likeness (QED) is 0.793. The summed E-state index contributed by atoms with van der Waals surface area (Å²) in [6, 6.07) is 3.98. The number of hydrogen-bond donors (Lipinski definition) is 0. The average Bonchev–Trinajstić information content (AvgIpc) is 3.02. The fraction of sp³-hybridized carbons (Fsp3) is 0.471. The number of likely N-dealkylation sites (N-methyl/N-ethyl adjacent to an activating group) is 1. The van der Waals surface area contributed by atoms with Crippen LogP contribution in [0.3, 0.4) is 0 Å². The molecule has 22 heavy (non-hydrogen) atoms. The summed E-state index contributed by atoms with van der Waals surface area (Å²) in [5.74, 6) is 1.23. The fourth-order valence-corrected chi connectivity index (χ4v) is 3.29. The molecule has 1 saturated carbocycles. The van der Waals surface area contributed by atoms with Crippen LogP contribution < -0.4 is 9.47 Å². The maximum atomic E-state index is 12.3. The second-order valence-corrected chi connectivity index (χ2v) is 6.22. The molecule has 3 rings (SSSR count). The standard InChI is InChI=1S/C17H20ClNO3/c1-19(13-5-3-2-4-6-13)16(20)8-7-12-9-14(18)17-15(10-12)21-11-22-17/h7-10,13H,2-6,11H2,1H3/b8-7+. The van der Waals surface area contributed by atoms with Gasteiger partial charge in [0.1, 0.15) is 0 Å². The highest BCUT2D eigenvalue weighted by Crippen LogP contribution is 2.40. The van der Waals surface area contributed by atoms with Crippen molar-refractivity contribution in [3.63, 3.8) is 0 Å². The summed E-state index contributed by atoms with van der Waals surface area (Å²) in [6.07, 6.45) is 9.29. The minimum absolute atomic E-state index is 0.0284. The topological polar surface area (TPSA) is 38.8 Å². The summed E-state index contributed by atoms with van der Waals surface area (Å²) in [5, 5.41) is 0.503. The molecule has 0 N–H and O–H groups in total. The van der Waals surface area contributed by atoms with Crippen molar-refractivity contribution in [1.82, 2.24) is 4.90 Å². The van der Waals surface area contributed by atoms with E-state index < -0.39 is 0 Å². The molecule has 0 radical (unpaired) electrons. The van der Waals surface area contributed by atoms with E-state index in [1.165, 1.54) is 19.3 Å². The molecule has 0 aromatic heterocycles. The molecule has 2 aliphatic rings. The summed E-state index contributed by atoms with van der Waals surface area (Å²) in [4.78, 5) is 14.1. The second kappa shape index (κ2) is 6.61. The van der Waals surface area contributed by atoms with Gasteiger partial charge in [0.25, 0.3) is 0 Å². The first-order valence-electron chi connectivity index (χ1n) is 7.69. The van der Waals surface area contributed by atoms with Gasteiger partial charge >= 0.3 is 0 Å². The number of hydrogen-bond acceptors (Lipinski definition) is 3. The van der Waals surface area contributed by atoms with Gasteiger partial charge in [-0.3, -0.25) is 4.79 Å². The number of fused-ring (bicyclic) bond motifs is 1. The molecule has 0 unspecified atom stereocenters. The zero-order valence-electron chi connectivity index (χ0n) is 12.7. The van der Waals surface area contributed by atoms with Crippen molar-refractivity contribution < 1.29 is 14.3 Å². The van der Waals surface area contributed by atoms with Gasteiger partial charge in [0.2, 0.25) is 12.7 Å². The van der Waals surface area contributed by atoms with Crippen LogP contribution in [0.4, 0.5) is 0 Å². The van der Waals surface area contributed by atoms with Crippen LogP contribution in [0.15, 0.2) is 18.2 Å². The molecule has 0 atom stereocenters. The molecule has 4 nitrogen and oxygen atoms in total. The van der Waals surface area contributed by atoms with Crippen molar-refractivity contribution >= 4 is 23.6 Å². The smallest absolute Gasteiger partial charge is 0.246 e. The van der Waals surface area contributed by atoms with Crippen molar-refractivity contribution in [3.8, 4) is 11.5 Å². The van der Waals surface area contributed by atoms with Gasteiger partial charge in [-0.25, -0.2) is 0 Å². The molecule has 0 spiro atoms. The third-order valence-corrected chi connectivity index (χ3v) is 4.62. The fourth-order valence-electron chi connectivity index (χ4n) is 3.02. The van der Waals surface area contributed by atoms with Crippen molar-refractivity contribution in [2.45, 2.75) is 38.1 Å². The van der Waals surface area contributed by atoms with E-state index in [1.54, 1.807) is 18.2 Å². The maximum Gasteiger partial charge on any atom is 0.246 e. The summed E-state index contributed by atoms with van der Waals surface area (Å²) in [6.45, 7) is 0.186. The lowest BCUT2D eigenvalue weighted by molar-refractivity contribution is -0.127. The molecule has 1 aliphatic carbocycles. The summed E-state index contributed by atoms with van der Waals surface area (Å²) >= 11 is 6.14. The predicted octanol–water partition coefficient (Wildman–Crippen LogP) is 3.87. The lowest BCUT2D eigenvalue weighted by atomic mass is 9.94. The Morgan fingerprint density at radius 3 is 2.82 bits per heavy atom. The molecule has 1 amide bonds. The molecular formula is C17H20ClNO3. The number of carbonyl (C=O) groups is 1. The van der Waals surface area contributed by atoms with E-state index in [4.69, 9.17) is 21.1 Å². The second-order valence-electron chi connectivity index (χ2n) is 5.81. The van der Waals surface area contributed by atoms with Gasteiger partial charge in [-0.2, -0.15) is 0 Å². The maximum absolute atomic E-state index is 12.3. The normalized spacial score (nSPS) is 17.9. The lowest BCUT2D eigenvalue weighted by Crippen LogP contribution is -2.37. The predicted molar refractivity (Wildman–Crippen MR) is 86.3 cm³/mol. The Hall–Kier alpha value is -1.68. The number of amides is 1. The Morgan fingerprint density at radius 2 is 2.05 bits per heavy atom. The number of carbonyl (C=O) groups excluding carboxylic acids is 1. The van der Waals surface area contributed by atoms with Crippen LogP contribution >= 0.6 is 11.6 Å². The van der Waals surface area contributed by atoms with Crippen molar-refractivity contribution in [2.24, 2.45) is 0 Å². The minimum Gasteiger partial charge on any atom is -0.454 e. The number of benzene rings is 1. The molecule has 118 valence electrons. The third kappa shape index (κ3) is 3.22. The minimum atomic E-state index is 0.0284. The number of rotatable bonds is 3. The summed E-state index contributed by atoms with van der Waals surface area (Å²) in [7, 11) is 1.88. The zero-order valence-corrected chi connectivity index (χ0v) is 13.4. The third-order valence-electron chi connectivity index (χ3n) is 4.34. The Kier molecular flexibility index (Phi) is 4.57. The molecule has 1 aromatic rings. The van der Waals surface area contributed by atoms with Gasteiger partial charge < -0.3 is 14.4 Å². The SMILES string of the molecule is CN(C(=O)/C=C/c1cc(Cl)c2c(c1)OCO2)C1CCCCC1. The van der Waals surface area contributed by atoms with Crippen molar-refractivity contribution in [1.29, 1.82) is 0 Å². The van der Waals surface area contributed by atoms with Crippen LogP contribution in [0.25, 0.3) is 6.08 Å². The van der Waals surface area contributed by atoms with Crippen molar-refractivity contribution in [2.75, 3.05) is 13.8 Å². The van der Waals surface area contributed by atoms with Gasteiger partial charge in [-0.1, -0.05) is 30.9 Å². The van der Waals surface area contributed by atoms with Gasteiger partial charge in [-0.15, -0.1) is 0 Å². The van der Waals surface area contributed by atoms with Crippen LogP contribution in [-0.2, 0) is 4.79 Å². The highest BCUT2D eigenvalue weighted by Gasteiger charge is 2.21. The highest BCUT2D eigenvalue weighted by atomic mass is 35.5. The van der Waals surface area contributed by atoms with E-state index in [9.17, 15) is 4.79 Å². The Labute approximate surface area is 135 Å². The van der Waals surface area contributed by atoms with Crippen molar-refractivity contribution in [3.05, 3.63) is 28.8 Å². The monoisotopic (exact) mass is 321 g/mol. The first kappa shape index (κ1) is 15.2. The summed E-state index contributed by atoms with van der Waals surface area (Å²) < 4.78 is 10.6. The largest absolute Gasteiger partial charge is 0.454 e. The van der Waals surface area contributed by atoms with E-state index >= 15 is 0 Å². The Balaban J connectivity index is 1.68. The zero-order chi connectivity index (χ0) is 15.5. The first-order valence-corrected chi connectivity index (χ1v) is 8.07. The first-order chi connectivity index (χ1) is 10.6. The number of nitrogens with zero attached hydrogens (tertiary/aromatic N) is 1. The number of halogens is 1. The van der Waals surface area contributed by atoms with E-state index in [-0.39, 0.29) is 12.7 Å². The van der Waals surface area contributed by atoms with Gasteiger partial charge in [-0.05, 0) is 36.6 Å². The molecule has 1 aromatic carbocycles. The molecule has 1 fully saturated rings. The van der Waals surface area contributed by atoms with Crippen LogP contribution in [-0.4, -0.2) is 30.7 Å². The van der Waals surface area contributed by atoms with E-state index in [2.05, 4.69) is 0 Å². The molecule has 1 heterocycles. The van der Waals surface area contributed by atoms with E-state index in [1.807, 2.05) is 18.0 Å². The summed E-state index contributed by atoms with van der Waals surface area (Å²) in [5.41, 5.74) is 0.833. The van der Waals surface area contributed by atoms with Crippen LogP contribution in [0.1, 0.15) is 37.7 Å². The molecule has 0 bridgehead atoms. The van der Waals surface area contributed by atoms with Crippen LogP contribution in [0.5, 0.6) is 11.5 Å². The average molecular weight is 322 g/mol. The molecule has 1 aliphatic heterocycles. The van der Waals surface area contributed by atoms with E-state index in [0.29, 0.717) is 22.6 Å². The molecular weight excluding hydrogens is 302 g/mol. The Morgan fingerprint density at radius 1 is 1.27 bits per heavy atom. The number of ether oxygens (including phenoxy) is 2. The van der Waals surface area contributed by atoms with Gasteiger partial charge in [0.05, 0.1) is 5.02 Å². The van der Waals surface area contributed by atoms with Crippen LogP contribution in [0.2, 0.25) is 5.02 Å². The lowest BCUT2D eigenvalue weighted by Gasteiger charge is -2.30. The molecule has 0 saturated heterocycles. The molecule has 5 heteroatoms. The Bertz CT molecular complexity index is 594. The van der Waals surface area contributed by atoms with Crippen LogP contribution in [0, 0.1) is 0 Å². The van der Waals surface area contributed by atoms with Gasteiger partial charge in [0, 0.05) is 19.2 Å². The van der Waals surface area contributed by atoms with E-state index in [0.717, 1.165) is 18.4 Å². The van der Waals surface area contributed by atoms with Gasteiger partial charge in [0.15, 0.2) is 11.5 Å².